The van der Waals surface area contributed by atoms with Crippen LogP contribution in [0.25, 0.3) is 0 Å². The molecule has 1 radical (unpaired) electrons. The molecule has 0 fully saturated rings. The molecule has 0 spiro atoms. The molecule has 0 atom stereocenters. The quantitative estimate of drug-likeness (QED) is 0.429. The molecule has 0 aliphatic carbocycles. The van der Waals surface area contributed by atoms with Gasteiger partial charge < -0.3 is 11.5 Å². The van der Waals surface area contributed by atoms with Gasteiger partial charge in [-0.1, -0.05) is 12.7 Å². The van der Waals surface area contributed by atoms with Crippen LogP contribution in [0.3, 0.4) is 0 Å². The molecule has 4 N–H and O–H groups in total. The minimum atomic E-state index is 0.234. The van der Waals surface area contributed by atoms with Crippen LogP contribution in [0.2, 0.25) is 0 Å². The van der Waals surface area contributed by atoms with Crippen LogP contribution in [-0.4, -0.2) is 0 Å². The Morgan fingerprint density at radius 2 is 2.00 bits per heavy atom. The Kier molecular flexibility index (Phi) is 1.97. The zero-order valence-electron chi connectivity index (χ0n) is 3.39. The summed E-state index contributed by atoms with van der Waals surface area (Å²) in [5, 5.41) is 0. The second-order valence-electron chi connectivity index (χ2n) is 0.859. The van der Waals surface area contributed by atoms with Crippen LogP contribution < -0.4 is 11.5 Å². The molecule has 0 heterocycles. The summed E-state index contributed by atoms with van der Waals surface area (Å²) in [6.45, 7) is 4.87. The Morgan fingerprint density at radius 3 is 2.00 bits per heavy atom. The lowest BCUT2D eigenvalue weighted by Gasteiger charge is -1.79. The van der Waals surface area contributed by atoms with Gasteiger partial charge >= 0.3 is 0 Å². The topological polar surface area (TPSA) is 52.0 Å². The number of hydrogen-bond acceptors (Lipinski definition) is 2. The predicted molar refractivity (Wildman–Crippen MR) is 25.3 cm³/mol. The molecule has 33 valence electrons. The van der Waals surface area contributed by atoms with Crippen molar-refractivity contribution < 1.29 is 0 Å². The van der Waals surface area contributed by atoms with Crippen molar-refractivity contribution in [3.63, 3.8) is 0 Å². The molecule has 0 aromatic heterocycles. The van der Waals surface area contributed by atoms with E-state index in [0.717, 1.165) is 0 Å². The van der Waals surface area contributed by atoms with Gasteiger partial charge in [-0.05, 0) is 6.08 Å². The van der Waals surface area contributed by atoms with Crippen LogP contribution in [-0.2, 0) is 0 Å². The minimum absolute atomic E-state index is 0.234. The van der Waals surface area contributed by atoms with Crippen molar-refractivity contribution in [3.05, 3.63) is 24.6 Å². The fraction of sp³-hybridized carbons (Fsp3) is 0. The monoisotopic (exact) mass is 83.1 g/mol. The molecule has 0 amide bonds. The SMILES string of the molecule is [CH]=CC=C(N)N. The largest absolute Gasteiger partial charge is 0.386 e. The van der Waals surface area contributed by atoms with E-state index in [0.29, 0.717) is 0 Å². The number of allylic oxidation sites excluding steroid dienone is 2. The normalized spacial score (nSPS) is 6.67. The van der Waals surface area contributed by atoms with Crippen molar-refractivity contribution in [2.45, 2.75) is 0 Å². The van der Waals surface area contributed by atoms with Gasteiger partial charge in [0.2, 0.25) is 0 Å². The van der Waals surface area contributed by atoms with Crippen LogP contribution in [0.4, 0.5) is 0 Å². The first-order valence-electron chi connectivity index (χ1n) is 1.53. The van der Waals surface area contributed by atoms with Crippen LogP contribution in [0.1, 0.15) is 0 Å². The lowest BCUT2D eigenvalue weighted by molar-refractivity contribution is 1.25. The fourth-order valence-corrected chi connectivity index (χ4v) is 0.111. The molecule has 0 unspecified atom stereocenters. The Morgan fingerprint density at radius 1 is 1.50 bits per heavy atom. The van der Waals surface area contributed by atoms with Gasteiger partial charge in [-0.15, -0.1) is 0 Å². The highest BCUT2D eigenvalue weighted by Gasteiger charge is 1.63. The first-order chi connectivity index (χ1) is 2.77. The average molecular weight is 83.1 g/mol. The molecule has 0 saturated heterocycles. The summed E-state index contributed by atoms with van der Waals surface area (Å²) in [5.41, 5.74) is 9.86. The molecule has 0 aliphatic heterocycles. The molecule has 6 heavy (non-hydrogen) atoms. The van der Waals surface area contributed by atoms with Gasteiger partial charge in [0.1, 0.15) is 0 Å². The third-order valence-corrected chi connectivity index (χ3v) is 0.289. The van der Waals surface area contributed by atoms with Gasteiger partial charge in [0.15, 0.2) is 0 Å². The standard InChI is InChI=1S/C4H7N2/c1-2-3-4(5)6/h1-3H,5-6H2. The smallest absolute Gasteiger partial charge is 0.0933 e. The van der Waals surface area contributed by atoms with Crippen molar-refractivity contribution in [2.24, 2.45) is 11.5 Å². The van der Waals surface area contributed by atoms with Crippen molar-refractivity contribution in [3.8, 4) is 0 Å². The van der Waals surface area contributed by atoms with Gasteiger partial charge in [0, 0.05) is 0 Å². The van der Waals surface area contributed by atoms with E-state index in [1.54, 1.807) is 0 Å². The van der Waals surface area contributed by atoms with Crippen molar-refractivity contribution in [2.75, 3.05) is 0 Å². The van der Waals surface area contributed by atoms with Crippen LogP contribution in [0.15, 0.2) is 18.0 Å². The van der Waals surface area contributed by atoms with Crippen molar-refractivity contribution >= 4 is 0 Å². The van der Waals surface area contributed by atoms with Gasteiger partial charge in [-0.2, -0.15) is 0 Å². The van der Waals surface area contributed by atoms with E-state index in [1.165, 1.54) is 12.2 Å². The molecule has 0 rings (SSSR count). The zero-order chi connectivity index (χ0) is 4.99. The van der Waals surface area contributed by atoms with E-state index >= 15 is 0 Å². The zero-order valence-corrected chi connectivity index (χ0v) is 3.39. The molecule has 0 aromatic carbocycles. The lowest BCUT2D eigenvalue weighted by atomic mass is 10.6. The van der Waals surface area contributed by atoms with Crippen LogP contribution in [0.5, 0.6) is 0 Å². The average Bonchev–Trinajstić information content (AvgIpc) is 1.35. The van der Waals surface area contributed by atoms with Gasteiger partial charge in [-0.25, -0.2) is 0 Å². The summed E-state index contributed by atoms with van der Waals surface area (Å²) < 4.78 is 0. The van der Waals surface area contributed by atoms with Crippen LogP contribution in [0, 0.1) is 6.58 Å². The molecule has 0 bridgehead atoms. The summed E-state index contributed by atoms with van der Waals surface area (Å²) in [6.07, 6.45) is 2.70. The maximum absolute atomic E-state index is 4.93. The van der Waals surface area contributed by atoms with E-state index in [-0.39, 0.29) is 5.82 Å². The number of rotatable bonds is 1. The highest BCUT2D eigenvalue weighted by molar-refractivity contribution is 5.00. The van der Waals surface area contributed by atoms with E-state index in [2.05, 4.69) is 0 Å². The molecular weight excluding hydrogens is 76.1 g/mol. The Bertz CT molecular complexity index is 69.6. The molecule has 0 aliphatic rings. The molecule has 2 heteroatoms. The third kappa shape index (κ3) is 3.08. The Hall–Kier alpha value is -0.920. The van der Waals surface area contributed by atoms with Crippen molar-refractivity contribution in [1.82, 2.24) is 0 Å². The predicted octanol–water partition coefficient (Wildman–Crippen LogP) is -0.266. The summed E-state index contributed by atoms with van der Waals surface area (Å²) in [7, 11) is 0. The maximum atomic E-state index is 4.93. The number of nitrogens with two attached hydrogens (primary N) is 2. The summed E-state index contributed by atoms with van der Waals surface area (Å²) in [6, 6.07) is 0. The lowest BCUT2D eigenvalue weighted by Crippen LogP contribution is -2.06. The van der Waals surface area contributed by atoms with E-state index < -0.39 is 0 Å². The van der Waals surface area contributed by atoms with Gasteiger partial charge in [0.25, 0.3) is 0 Å². The molecule has 2 nitrogen and oxygen atoms in total. The second kappa shape index (κ2) is 2.33. The maximum Gasteiger partial charge on any atom is 0.0933 e. The fourth-order valence-electron chi connectivity index (χ4n) is 0.111. The molecule has 0 saturated carbocycles. The summed E-state index contributed by atoms with van der Waals surface area (Å²) >= 11 is 0. The van der Waals surface area contributed by atoms with Gasteiger partial charge in [-0.3, -0.25) is 0 Å². The first kappa shape index (κ1) is 5.08. The summed E-state index contributed by atoms with van der Waals surface area (Å²) in [5.74, 6) is 0.234. The Balaban J connectivity index is 3.41. The van der Waals surface area contributed by atoms with Gasteiger partial charge in [0.05, 0.1) is 5.82 Å². The van der Waals surface area contributed by atoms with E-state index in [4.69, 9.17) is 18.0 Å². The van der Waals surface area contributed by atoms with Crippen LogP contribution >= 0.6 is 0 Å². The highest BCUT2D eigenvalue weighted by Crippen LogP contribution is 1.66. The van der Waals surface area contributed by atoms with E-state index in [1.807, 2.05) is 0 Å². The summed E-state index contributed by atoms with van der Waals surface area (Å²) in [4.78, 5) is 0. The minimum Gasteiger partial charge on any atom is -0.386 e. The molecule has 0 aromatic rings. The second-order valence-corrected chi connectivity index (χ2v) is 0.859. The first-order valence-corrected chi connectivity index (χ1v) is 1.53. The van der Waals surface area contributed by atoms with E-state index in [9.17, 15) is 0 Å². The number of hydrogen-bond donors (Lipinski definition) is 2. The van der Waals surface area contributed by atoms with Crippen molar-refractivity contribution in [1.29, 1.82) is 0 Å². The Labute approximate surface area is 37.1 Å². The molecular formula is C4H7N2. The third-order valence-electron chi connectivity index (χ3n) is 0.289. The highest BCUT2D eigenvalue weighted by atomic mass is 14.8.